The summed E-state index contributed by atoms with van der Waals surface area (Å²) in [5, 5.41) is 3.47. The molecule has 0 atom stereocenters. The van der Waals surface area contributed by atoms with E-state index >= 15 is 0 Å². The Labute approximate surface area is 122 Å². The van der Waals surface area contributed by atoms with Crippen LogP contribution in [0.5, 0.6) is 0 Å². The summed E-state index contributed by atoms with van der Waals surface area (Å²) in [6, 6.07) is 8.98. The number of benzene rings is 1. The Bertz CT molecular complexity index is 561. The van der Waals surface area contributed by atoms with Crippen molar-refractivity contribution in [2.75, 3.05) is 6.54 Å². The topological polar surface area (TPSA) is 29.9 Å². The number of hydrogen-bond donors (Lipinski definition) is 1. The average molecular weight is 273 g/mol. The molecule has 0 unspecified atom stereocenters. The molecule has 0 spiro atoms. The van der Waals surface area contributed by atoms with Gasteiger partial charge in [-0.25, -0.2) is 4.98 Å². The van der Waals surface area contributed by atoms with Crippen molar-refractivity contribution in [2.24, 2.45) is 0 Å². The molecule has 2 aromatic rings. The zero-order valence-electron chi connectivity index (χ0n) is 13.4. The first-order valence-corrected chi connectivity index (χ1v) is 7.60. The van der Waals surface area contributed by atoms with E-state index in [9.17, 15) is 0 Å². The number of nitrogens with one attached hydrogen (secondary N) is 1. The smallest absolute Gasteiger partial charge is 0.110 e. The lowest BCUT2D eigenvalue weighted by molar-refractivity contribution is 0.391. The van der Waals surface area contributed by atoms with Crippen molar-refractivity contribution in [1.82, 2.24) is 14.9 Å². The molecule has 2 rings (SSSR count). The van der Waals surface area contributed by atoms with E-state index in [2.05, 4.69) is 68.8 Å². The van der Waals surface area contributed by atoms with Crippen LogP contribution in [-0.2, 0) is 12.0 Å². The van der Waals surface area contributed by atoms with Gasteiger partial charge in [-0.15, -0.1) is 0 Å². The minimum Gasteiger partial charge on any atom is -0.323 e. The number of aromatic nitrogens is 2. The summed E-state index contributed by atoms with van der Waals surface area (Å²) in [4.78, 5) is 4.83. The molecule has 0 saturated carbocycles. The monoisotopic (exact) mass is 273 g/mol. The minimum absolute atomic E-state index is 0.0664. The first-order chi connectivity index (χ1) is 9.39. The van der Waals surface area contributed by atoms with Gasteiger partial charge in [0.1, 0.15) is 5.82 Å². The predicted octanol–water partition coefficient (Wildman–Crippen LogP) is 3.72. The van der Waals surface area contributed by atoms with E-state index in [0.717, 1.165) is 24.9 Å². The van der Waals surface area contributed by atoms with Crippen LogP contribution in [0.15, 0.2) is 24.3 Å². The van der Waals surface area contributed by atoms with E-state index in [4.69, 9.17) is 4.98 Å². The molecular formula is C17H27N3. The third-order valence-electron chi connectivity index (χ3n) is 3.43. The van der Waals surface area contributed by atoms with Gasteiger partial charge in [0.25, 0.3) is 0 Å². The Morgan fingerprint density at radius 2 is 1.90 bits per heavy atom. The van der Waals surface area contributed by atoms with E-state index in [0.29, 0.717) is 6.04 Å². The molecule has 1 heterocycles. The fourth-order valence-electron chi connectivity index (χ4n) is 2.63. The summed E-state index contributed by atoms with van der Waals surface area (Å²) in [6.07, 6.45) is 2.14. The maximum absolute atomic E-state index is 4.83. The van der Waals surface area contributed by atoms with E-state index in [1.54, 1.807) is 0 Å². The zero-order chi connectivity index (χ0) is 14.8. The predicted molar refractivity (Wildman–Crippen MR) is 86.2 cm³/mol. The van der Waals surface area contributed by atoms with Gasteiger partial charge in [0, 0.05) is 18.0 Å². The molecule has 1 aromatic carbocycles. The zero-order valence-corrected chi connectivity index (χ0v) is 13.4. The fraction of sp³-hybridized carbons (Fsp3) is 0.588. The van der Waals surface area contributed by atoms with Gasteiger partial charge < -0.3 is 9.88 Å². The first kappa shape index (κ1) is 15.0. The molecule has 3 nitrogen and oxygen atoms in total. The molecule has 1 aromatic heterocycles. The second kappa shape index (κ2) is 5.96. The third-order valence-corrected chi connectivity index (χ3v) is 3.43. The van der Waals surface area contributed by atoms with Crippen LogP contribution in [0.2, 0.25) is 0 Å². The average Bonchev–Trinajstić information content (AvgIpc) is 2.72. The quantitative estimate of drug-likeness (QED) is 0.841. The van der Waals surface area contributed by atoms with Gasteiger partial charge in [-0.3, -0.25) is 0 Å². The van der Waals surface area contributed by atoms with E-state index in [1.807, 2.05) is 0 Å². The fourth-order valence-corrected chi connectivity index (χ4v) is 2.63. The van der Waals surface area contributed by atoms with Gasteiger partial charge in [-0.05, 0) is 45.9 Å². The maximum atomic E-state index is 4.83. The van der Waals surface area contributed by atoms with Gasteiger partial charge in [-0.2, -0.15) is 0 Å². The summed E-state index contributed by atoms with van der Waals surface area (Å²) in [7, 11) is 0. The molecule has 0 radical (unpaired) electrons. The lowest BCUT2D eigenvalue weighted by Gasteiger charge is -2.24. The van der Waals surface area contributed by atoms with Gasteiger partial charge in [0.15, 0.2) is 0 Å². The van der Waals surface area contributed by atoms with Crippen molar-refractivity contribution in [3.05, 3.63) is 30.1 Å². The molecule has 1 N–H and O–H groups in total. The molecule has 0 aliphatic carbocycles. The number of nitrogens with zero attached hydrogens (tertiary/aromatic N) is 2. The van der Waals surface area contributed by atoms with Crippen molar-refractivity contribution >= 4 is 11.0 Å². The van der Waals surface area contributed by atoms with Crippen molar-refractivity contribution in [3.8, 4) is 0 Å². The molecule has 110 valence electrons. The normalized spacial score (nSPS) is 12.5. The molecular weight excluding hydrogens is 246 g/mol. The lowest BCUT2D eigenvalue weighted by Crippen LogP contribution is -2.26. The van der Waals surface area contributed by atoms with Gasteiger partial charge >= 0.3 is 0 Å². The Kier molecular flexibility index (Phi) is 4.48. The Hall–Kier alpha value is -1.35. The maximum Gasteiger partial charge on any atom is 0.110 e. The van der Waals surface area contributed by atoms with Crippen LogP contribution in [0.25, 0.3) is 11.0 Å². The van der Waals surface area contributed by atoms with E-state index in [1.165, 1.54) is 11.3 Å². The highest BCUT2D eigenvalue weighted by atomic mass is 15.1. The van der Waals surface area contributed by atoms with Crippen LogP contribution in [-0.4, -0.2) is 22.1 Å². The number of imidazole rings is 1. The van der Waals surface area contributed by atoms with Crippen molar-refractivity contribution in [2.45, 2.75) is 59.0 Å². The van der Waals surface area contributed by atoms with Gasteiger partial charge in [-0.1, -0.05) is 26.0 Å². The Morgan fingerprint density at radius 3 is 2.55 bits per heavy atom. The van der Waals surface area contributed by atoms with E-state index < -0.39 is 0 Å². The van der Waals surface area contributed by atoms with Crippen molar-refractivity contribution in [1.29, 1.82) is 0 Å². The van der Waals surface area contributed by atoms with Gasteiger partial charge in [0.2, 0.25) is 0 Å². The van der Waals surface area contributed by atoms with Crippen LogP contribution in [0, 0.1) is 0 Å². The van der Waals surface area contributed by atoms with E-state index in [-0.39, 0.29) is 5.54 Å². The summed E-state index contributed by atoms with van der Waals surface area (Å²) in [5.41, 5.74) is 2.41. The molecule has 0 bridgehead atoms. The van der Waals surface area contributed by atoms with Crippen LogP contribution in [0.4, 0.5) is 0 Å². The van der Waals surface area contributed by atoms with Crippen molar-refractivity contribution < 1.29 is 0 Å². The molecule has 0 aliphatic rings. The molecule has 0 aliphatic heterocycles. The highest BCUT2D eigenvalue weighted by Gasteiger charge is 2.20. The molecule has 0 saturated heterocycles. The third kappa shape index (κ3) is 3.40. The van der Waals surface area contributed by atoms with Gasteiger partial charge in [0.05, 0.1) is 11.0 Å². The molecule has 0 amide bonds. The largest absolute Gasteiger partial charge is 0.323 e. The number of hydrogen-bond acceptors (Lipinski definition) is 2. The molecule has 3 heteroatoms. The second-order valence-corrected chi connectivity index (χ2v) is 6.74. The standard InChI is InChI=1S/C17H27N3/c1-13(2)18-12-8-11-16-19-14-9-6-7-10-15(14)20(16)17(3,4)5/h6-7,9-10,13,18H,8,11-12H2,1-5H3. The summed E-state index contributed by atoms with van der Waals surface area (Å²) >= 11 is 0. The number of para-hydroxylation sites is 2. The number of aryl methyl sites for hydroxylation is 1. The highest BCUT2D eigenvalue weighted by Crippen LogP contribution is 2.25. The SMILES string of the molecule is CC(C)NCCCc1nc2ccccc2n1C(C)(C)C. The summed E-state index contributed by atoms with van der Waals surface area (Å²) in [5.74, 6) is 1.20. The summed E-state index contributed by atoms with van der Waals surface area (Å²) in [6.45, 7) is 12.2. The van der Waals surface area contributed by atoms with Crippen LogP contribution in [0.3, 0.4) is 0 Å². The highest BCUT2D eigenvalue weighted by molar-refractivity contribution is 5.76. The Morgan fingerprint density at radius 1 is 1.20 bits per heavy atom. The molecule has 20 heavy (non-hydrogen) atoms. The van der Waals surface area contributed by atoms with Crippen LogP contribution >= 0.6 is 0 Å². The van der Waals surface area contributed by atoms with Crippen LogP contribution < -0.4 is 5.32 Å². The van der Waals surface area contributed by atoms with Crippen molar-refractivity contribution in [3.63, 3.8) is 0 Å². The Balaban J connectivity index is 2.23. The first-order valence-electron chi connectivity index (χ1n) is 7.60. The summed E-state index contributed by atoms with van der Waals surface area (Å²) < 4.78 is 2.39. The molecule has 0 fully saturated rings. The lowest BCUT2D eigenvalue weighted by atomic mass is 10.1. The van der Waals surface area contributed by atoms with Crippen LogP contribution in [0.1, 0.15) is 46.9 Å². The second-order valence-electron chi connectivity index (χ2n) is 6.74. The number of fused-ring (bicyclic) bond motifs is 1. The minimum atomic E-state index is 0.0664. The number of rotatable bonds is 5.